The lowest BCUT2D eigenvalue weighted by molar-refractivity contribution is -0.249. The summed E-state index contributed by atoms with van der Waals surface area (Å²) in [4.78, 5) is 22.6. The van der Waals surface area contributed by atoms with Crippen LogP contribution >= 0.6 is 0 Å². The zero-order valence-electron chi connectivity index (χ0n) is 31.1. The van der Waals surface area contributed by atoms with Gasteiger partial charge in [0.15, 0.2) is 0 Å². The van der Waals surface area contributed by atoms with Gasteiger partial charge in [0.2, 0.25) is 17.6 Å². The van der Waals surface area contributed by atoms with E-state index >= 15 is 4.79 Å². The maximum Gasteiger partial charge on any atom is 0.249 e. The summed E-state index contributed by atoms with van der Waals surface area (Å²) in [5, 5.41) is 15.5. The summed E-state index contributed by atoms with van der Waals surface area (Å²) in [6.07, 6.45) is 16.0. The van der Waals surface area contributed by atoms with Crippen molar-refractivity contribution in [1.82, 2.24) is 15.0 Å². The molecule has 11 unspecified atom stereocenters. The van der Waals surface area contributed by atoms with Crippen LogP contribution in [0.2, 0.25) is 0 Å². The highest BCUT2D eigenvalue weighted by molar-refractivity contribution is 5.84. The van der Waals surface area contributed by atoms with Crippen molar-refractivity contribution in [2.75, 3.05) is 6.54 Å². The lowest BCUT2D eigenvalue weighted by Crippen LogP contribution is -2.67. The molecule has 49 heavy (non-hydrogen) atoms. The Bertz CT molecular complexity index is 1610. The third-order valence-electron chi connectivity index (χ3n) is 18.0. The molecule has 9 rings (SSSR count). The zero-order chi connectivity index (χ0) is 34.2. The molecule has 1 amide bonds. The van der Waals surface area contributed by atoms with E-state index < -0.39 is 0 Å². The molecule has 7 fully saturated rings. The van der Waals surface area contributed by atoms with Crippen LogP contribution in [0.25, 0.3) is 11.4 Å². The molecule has 7 aliphatic rings. The van der Waals surface area contributed by atoms with Crippen molar-refractivity contribution in [2.24, 2.45) is 62.1 Å². The summed E-state index contributed by atoms with van der Waals surface area (Å²) in [5.41, 5.74) is 1.83. The minimum Gasteiger partial charge on any atom is -0.393 e. The molecular weight excluding hydrogens is 606 g/mol. The third kappa shape index (κ3) is 4.31. The molecule has 0 radical (unpaired) electrons. The van der Waals surface area contributed by atoms with Crippen LogP contribution in [0.3, 0.4) is 0 Å². The number of carbonyl (C=O) groups excluding carboxylic acids is 1. The van der Waals surface area contributed by atoms with Crippen molar-refractivity contribution in [2.45, 2.75) is 144 Å². The SMILES string of the molecule is CC1(C2CCC3(C(=O)N4CCCC4c4nc(-c5ccccc5)no4)CCC4(C)C(CCC5C6(C)CCC(O)C(C)(C)C6CCC54C)C23)CC1. The van der Waals surface area contributed by atoms with E-state index in [4.69, 9.17) is 9.51 Å². The van der Waals surface area contributed by atoms with E-state index in [-0.39, 0.29) is 39.2 Å². The van der Waals surface area contributed by atoms with E-state index in [1.54, 1.807) is 0 Å². The Balaban J connectivity index is 1.06. The molecule has 1 N–H and O–H groups in total. The van der Waals surface area contributed by atoms with Gasteiger partial charge in [-0.1, -0.05) is 77.0 Å². The Labute approximate surface area is 294 Å². The number of hydrogen-bond acceptors (Lipinski definition) is 5. The summed E-state index contributed by atoms with van der Waals surface area (Å²) in [6.45, 7) is 16.1. The van der Waals surface area contributed by atoms with Crippen molar-refractivity contribution in [3.05, 3.63) is 36.2 Å². The van der Waals surface area contributed by atoms with E-state index in [1.807, 2.05) is 30.3 Å². The van der Waals surface area contributed by atoms with Crippen LogP contribution < -0.4 is 0 Å². The first-order valence-electron chi connectivity index (χ1n) is 20.2. The van der Waals surface area contributed by atoms with Gasteiger partial charge < -0.3 is 14.5 Å². The number of benzene rings is 1. The minimum absolute atomic E-state index is 0.0240. The van der Waals surface area contributed by atoms with Gasteiger partial charge in [0, 0.05) is 12.1 Å². The molecule has 266 valence electrons. The topological polar surface area (TPSA) is 79.5 Å². The lowest BCUT2D eigenvalue weighted by atomic mass is 9.32. The molecule has 6 saturated carbocycles. The summed E-state index contributed by atoms with van der Waals surface area (Å²) < 4.78 is 5.94. The second-order valence-corrected chi connectivity index (χ2v) is 20.0. The normalized spacial score (nSPS) is 46.3. The first-order chi connectivity index (χ1) is 23.3. The predicted octanol–water partition coefficient (Wildman–Crippen LogP) is 9.64. The number of aromatic nitrogens is 2. The van der Waals surface area contributed by atoms with Gasteiger partial charge >= 0.3 is 0 Å². The smallest absolute Gasteiger partial charge is 0.249 e. The van der Waals surface area contributed by atoms with Gasteiger partial charge in [0.25, 0.3) is 0 Å². The third-order valence-corrected chi connectivity index (χ3v) is 18.0. The fraction of sp³-hybridized carbons (Fsp3) is 0.791. The largest absolute Gasteiger partial charge is 0.393 e. The highest BCUT2D eigenvalue weighted by Gasteiger charge is 2.73. The number of likely N-dealkylation sites (tertiary alicyclic amines) is 1. The number of rotatable bonds is 4. The molecule has 2 aromatic rings. The first-order valence-corrected chi connectivity index (χ1v) is 20.2. The highest BCUT2D eigenvalue weighted by atomic mass is 16.5. The Hall–Kier alpha value is -2.21. The monoisotopic (exact) mass is 667 g/mol. The lowest BCUT2D eigenvalue weighted by Gasteiger charge is -2.73. The molecule has 6 heteroatoms. The van der Waals surface area contributed by atoms with Gasteiger partial charge in [-0.25, -0.2) is 0 Å². The maximum atomic E-state index is 15.5. The van der Waals surface area contributed by atoms with Crippen molar-refractivity contribution in [3.63, 3.8) is 0 Å². The van der Waals surface area contributed by atoms with Gasteiger partial charge in [0.1, 0.15) is 6.04 Å². The van der Waals surface area contributed by atoms with E-state index in [1.165, 1.54) is 51.4 Å². The average Bonchev–Trinajstić information content (AvgIpc) is 3.48. The van der Waals surface area contributed by atoms with E-state index in [9.17, 15) is 5.11 Å². The summed E-state index contributed by atoms with van der Waals surface area (Å²) in [7, 11) is 0. The number of fused-ring (bicyclic) bond motifs is 7. The van der Waals surface area contributed by atoms with Crippen LogP contribution in [0.15, 0.2) is 34.9 Å². The summed E-state index contributed by atoms with van der Waals surface area (Å²) in [5.74, 6) is 4.61. The molecule has 1 aromatic heterocycles. The van der Waals surface area contributed by atoms with E-state index in [2.05, 4.69) is 51.6 Å². The molecule has 0 spiro atoms. The predicted molar refractivity (Wildman–Crippen MR) is 191 cm³/mol. The minimum atomic E-state index is -0.271. The standard InChI is InChI=1S/C43H61N3O3/c1-38(2)31-17-20-42(6)32(40(31,4)19-18-33(38)47)15-14-29-34-28(39(3)22-23-39)16-21-43(34,25-24-41(29,42)5)37(48)46-26-10-13-30(46)36-44-35(45-49-36)27-11-8-7-9-12-27/h7-9,11-12,28-34,47H,10,13-26H2,1-6H3. The molecule has 1 aliphatic heterocycles. The van der Waals surface area contributed by atoms with Crippen LogP contribution in [-0.2, 0) is 4.79 Å². The highest BCUT2D eigenvalue weighted by Crippen LogP contribution is 2.79. The second-order valence-electron chi connectivity index (χ2n) is 20.0. The first kappa shape index (κ1) is 32.7. The summed E-state index contributed by atoms with van der Waals surface area (Å²) in [6, 6.07) is 9.93. The van der Waals surface area contributed by atoms with Crippen LogP contribution in [0.1, 0.15) is 143 Å². The van der Waals surface area contributed by atoms with Crippen molar-refractivity contribution >= 4 is 5.91 Å². The maximum absolute atomic E-state index is 15.5. The van der Waals surface area contributed by atoms with Gasteiger partial charge in [-0.2, -0.15) is 4.98 Å². The molecular formula is C43H61N3O3. The number of aliphatic hydroxyl groups excluding tert-OH is 1. The van der Waals surface area contributed by atoms with Crippen LogP contribution in [0, 0.1) is 62.1 Å². The van der Waals surface area contributed by atoms with Gasteiger partial charge in [-0.3, -0.25) is 4.79 Å². The van der Waals surface area contributed by atoms with Crippen molar-refractivity contribution in [1.29, 1.82) is 0 Å². The second kappa shape index (κ2) is 10.7. The molecule has 6 nitrogen and oxygen atoms in total. The number of carbonyl (C=O) groups is 1. The summed E-state index contributed by atoms with van der Waals surface area (Å²) >= 11 is 0. The molecule has 6 aliphatic carbocycles. The average molecular weight is 668 g/mol. The molecule has 1 saturated heterocycles. The van der Waals surface area contributed by atoms with Crippen LogP contribution in [0.5, 0.6) is 0 Å². The molecule has 0 bridgehead atoms. The van der Waals surface area contributed by atoms with Gasteiger partial charge in [-0.15, -0.1) is 0 Å². The number of nitrogens with zero attached hydrogens (tertiary/aromatic N) is 3. The number of amides is 1. The quantitative estimate of drug-likeness (QED) is 0.351. The van der Waals surface area contributed by atoms with Crippen molar-refractivity contribution < 1.29 is 14.4 Å². The molecule has 11 atom stereocenters. The van der Waals surface area contributed by atoms with Crippen LogP contribution in [-0.4, -0.2) is 38.7 Å². The molecule has 1 aromatic carbocycles. The Morgan fingerprint density at radius 2 is 1.57 bits per heavy atom. The van der Waals surface area contributed by atoms with Gasteiger partial charge in [-0.05, 0) is 147 Å². The number of aliphatic hydroxyl groups is 1. The van der Waals surface area contributed by atoms with Crippen molar-refractivity contribution in [3.8, 4) is 11.4 Å². The fourth-order valence-electron chi connectivity index (χ4n) is 14.9. The Morgan fingerprint density at radius 3 is 2.33 bits per heavy atom. The number of hydrogen-bond donors (Lipinski definition) is 1. The van der Waals surface area contributed by atoms with E-state index in [0.717, 1.165) is 50.6 Å². The Kier molecular flexibility index (Phi) is 7.12. The fourth-order valence-corrected chi connectivity index (χ4v) is 14.9. The zero-order valence-corrected chi connectivity index (χ0v) is 31.1. The van der Waals surface area contributed by atoms with Crippen LogP contribution in [0.4, 0.5) is 0 Å². The van der Waals surface area contributed by atoms with E-state index in [0.29, 0.717) is 52.6 Å². The Morgan fingerprint density at radius 1 is 0.796 bits per heavy atom. The molecule has 2 heterocycles. The van der Waals surface area contributed by atoms with Gasteiger partial charge in [0.05, 0.1) is 11.5 Å².